The maximum atomic E-state index is 14.6. The predicted molar refractivity (Wildman–Crippen MR) is 223 cm³/mol. The number of allylic oxidation sites excluding steroid dienone is 4. The van der Waals surface area contributed by atoms with Crippen LogP contribution in [0.5, 0.6) is 0 Å². The van der Waals surface area contributed by atoms with Crippen LogP contribution in [0.2, 0.25) is 0 Å². The van der Waals surface area contributed by atoms with Crippen LogP contribution in [0, 0.1) is 0 Å². The van der Waals surface area contributed by atoms with Crippen LogP contribution in [0.25, 0.3) is 16.3 Å². The van der Waals surface area contributed by atoms with E-state index in [-0.39, 0.29) is 24.0 Å². The highest BCUT2D eigenvalue weighted by Crippen LogP contribution is 2.51. The number of thioether (sulfide) groups is 1. The number of imide groups is 1. The van der Waals surface area contributed by atoms with Gasteiger partial charge in [0.25, 0.3) is 5.01 Å². The summed E-state index contributed by atoms with van der Waals surface area (Å²) in [5, 5.41) is 0.276. The molecule has 0 bridgehead atoms. The van der Waals surface area contributed by atoms with Crippen molar-refractivity contribution in [3.63, 3.8) is 0 Å². The Labute approximate surface area is 328 Å². The average molecular weight is 757 g/mol. The van der Waals surface area contributed by atoms with E-state index in [9.17, 15) is 14.4 Å². The van der Waals surface area contributed by atoms with Crippen LogP contribution in [0.15, 0.2) is 167 Å². The summed E-state index contributed by atoms with van der Waals surface area (Å²) in [6, 6.07) is 46.5. The van der Waals surface area contributed by atoms with Crippen LogP contribution in [-0.2, 0) is 32.9 Å². The van der Waals surface area contributed by atoms with Crippen LogP contribution in [0.3, 0.4) is 0 Å². The first-order valence-corrected chi connectivity index (χ1v) is 20.2. The van der Waals surface area contributed by atoms with Gasteiger partial charge in [-0.05, 0) is 41.5 Å². The predicted octanol–water partition coefficient (Wildman–Crippen LogP) is 9.40. The second-order valence-electron chi connectivity index (χ2n) is 14.6. The summed E-state index contributed by atoms with van der Waals surface area (Å²) in [7, 11) is 0. The molecule has 3 heterocycles. The number of carbonyl (C=O) groups excluding carboxylic acids is 3. The van der Waals surface area contributed by atoms with Gasteiger partial charge in [0, 0.05) is 63.5 Å². The van der Waals surface area contributed by atoms with E-state index in [0.29, 0.717) is 29.9 Å². The van der Waals surface area contributed by atoms with Gasteiger partial charge in [0.15, 0.2) is 12.3 Å². The van der Waals surface area contributed by atoms with E-state index in [1.165, 1.54) is 22.2 Å². The number of thiazole rings is 1. The number of fused-ring (bicyclic) bond motifs is 2. The van der Waals surface area contributed by atoms with Crippen molar-refractivity contribution >= 4 is 68.4 Å². The van der Waals surface area contributed by atoms with Gasteiger partial charge in [-0.2, -0.15) is 4.57 Å². The number of hydrogen-bond donors (Lipinski definition) is 0. The summed E-state index contributed by atoms with van der Waals surface area (Å²) in [5.41, 5.74) is 8.02. The first kappa shape index (κ1) is 34.9. The van der Waals surface area contributed by atoms with E-state index >= 15 is 0 Å². The summed E-state index contributed by atoms with van der Waals surface area (Å²) >= 11 is 2.99. The van der Waals surface area contributed by atoms with Crippen LogP contribution >= 0.6 is 23.1 Å². The molecule has 1 aromatic heterocycles. The van der Waals surface area contributed by atoms with E-state index < -0.39 is 10.7 Å². The number of benzene rings is 5. The molecule has 2 aliphatic heterocycles. The highest BCUT2D eigenvalue weighted by Gasteiger charge is 2.46. The topological polar surface area (TPSA) is 61.6 Å². The van der Waals surface area contributed by atoms with Gasteiger partial charge in [0.1, 0.15) is 4.70 Å². The van der Waals surface area contributed by atoms with Crippen molar-refractivity contribution in [2.24, 2.45) is 0 Å². The van der Waals surface area contributed by atoms with Crippen molar-refractivity contribution in [2.45, 2.75) is 44.0 Å². The van der Waals surface area contributed by atoms with Crippen molar-refractivity contribution in [3.8, 4) is 0 Å². The largest absolute Gasteiger partial charge is 0.340 e. The summed E-state index contributed by atoms with van der Waals surface area (Å²) in [5.74, 6) is -0.571. The minimum absolute atomic E-state index is 0.0567. The first-order chi connectivity index (χ1) is 26.8. The van der Waals surface area contributed by atoms with Crippen LogP contribution < -0.4 is 14.4 Å². The number of amides is 2. The van der Waals surface area contributed by atoms with Crippen molar-refractivity contribution in [1.29, 1.82) is 0 Å². The highest BCUT2D eigenvalue weighted by atomic mass is 32.2. The SMILES string of the molecule is CC1(C)/C(=C\C2=C(SC3CC(=O)N(c4ccccc4)C3=O)C(=C/c3sc4ccccc4[n+]3Cc3ccccc3)/C2=O)N(Cc2ccccc2)c2ccccc21. The maximum absolute atomic E-state index is 14.6. The third-order valence-electron chi connectivity index (χ3n) is 10.7. The number of rotatable bonds is 9. The molecule has 9 rings (SSSR count). The van der Waals surface area contributed by atoms with Gasteiger partial charge in [-0.1, -0.05) is 134 Å². The van der Waals surface area contributed by atoms with Crippen LogP contribution in [0.1, 0.15) is 42.0 Å². The minimum atomic E-state index is -0.666. The lowest BCUT2D eigenvalue weighted by Gasteiger charge is -2.31. The number of ketones is 1. The second-order valence-corrected chi connectivity index (χ2v) is 16.8. The summed E-state index contributed by atoms with van der Waals surface area (Å²) in [4.78, 5) is 46.4. The van der Waals surface area contributed by atoms with Crippen molar-refractivity contribution in [3.05, 3.63) is 189 Å². The third kappa shape index (κ3) is 6.25. The number of para-hydroxylation sites is 3. The Balaban J connectivity index is 1.18. The van der Waals surface area contributed by atoms with E-state index in [4.69, 9.17) is 0 Å². The Kier molecular flexibility index (Phi) is 8.95. The minimum Gasteiger partial charge on any atom is -0.340 e. The van der Waals surface area contributed by atoms with Gasteiger partial charge in [-0.3, -0.25) is 14.4 Å². The van der Waals surface area contributed by atoms with Crippen molar-refractivity contribution in [2.75, 3.05) is 9.80 Å². The monoisotopic (exact) mass is 756 g/mol. The van der Waals surface area contributed by atoms with Gasteiger partial charge in [0.2, 0.25) is 17.3 Å². The molecular formula is C47H38N3O3S2+. The maximum Gasteiger partial charge on any atom is 0.263 e. The van der Waals surface area contributed by atoms with E-state index in [1.807, 2.05) is 78.9 Å². The van der Waals surface area contributed by atoms with Gasteiger partial charge >= 0.3 is 0 Å². The number of hydrogen-bond acceptors (Lipinski definition) is 6. The first-order valence-electron chi connectivity index (χ1n) is 18.5. The molecule has 1 saturated heterocycles. The Morgan fingerprint density at radius 2 is 1.40 bits per heavy atom. The van der Waals surface area contributed by atoms with Gasteiger partial charge in [0.05, 0.1) is 10.9 Å². The van der Waals surface area contributed by atoms with E-state index in [0.717, 1.165) is 42.6 Å². The Morgan fingerprint density at radius 1 is 0.764 bits per heavy atom. The Bertz CT molecular complexity index is 2590. The molecule has 1 aliphatic carbocycles. The van der Waals surface area contributed by atoms with Crippen molar-refractivity contribution < 1.29 is 19.0 Å². The molecule has 6 nitrogen and oxygen atoms in total. The zero-order valence-electron chi connectivity index (χ0n) is 30.5. The summed E-state index contributed by atoms with van der Waals surface area (Å²) < 4.78 is 3.38. The summed E-state index contributed by atoms with van der Waals surface area (Å²) in [6.07, 6.45) is 4.10. The highest BCUT2D eigenvalue weighted by molar-refractivity contribution is 8.05. The molecule has 0 N–H and O–H groups in total. The molecule has 1 fully saturated rings. The standard InChI is InChI=1S/C47H38N3O3S2/c1-47(2)36-22-12-13-23-37(36)48(29-31-16-6-3-7-17-31)41(47)26-34-44(52)35(45(34)55-40-28-42(51)50(46(40)53)33-20-10-5-11-21-33)27-43-49(30-32-18-8-4-9-19-32)38-24-14-15-25-39(38)54-43/h3-27,40H,28-30H2,1-2H3/q+1. The zero-order valence-corrected chi connectivity index (χ0v) is 32.1. The lowest BCUT2D eigenvalue weighted by Crippen LogP contribution is -2.36. The lowest BCUT2D eigenvalue weighted by molar-refractivity contribution is -0.659. The molecule has 8 heteroatoms. The smallest absolute Gasteiger partial charge is 0.263 e. The second kappa shape index (κ2) is 14.1. The Hall–Kier alpha value is -5.83. The van der Waals surface area contributed by atoms with Crippen LogP contribution in [0.4, 0.5) is 11.4 Å². The Morgan fingerprint density at radius 3 is 2.15 bits per heavy atom. The molecule has 0 saturated carbocycles. The van der Waals surface area contributed by atoms with Crippen molar-refractivity contribution in [1.82, 2.24) is 0 Å². The van der Waals surface area contributed by atoms with E-state index in [2.05, 4.69) is 84.0 Å². The average Bonchev–Trinajstić information content (AvgIpc) is 3.78. The number of aromatic nitrogens is 1. The number of Topliss-reactive ketones (excluding diaryl/α,β-unsaturated/α-hetero) is 1. The molecule has 3 aliphatic rings. The molecule has 2 amide bonds. The molecule has 5 aromatic carbocycles. The lowest BCUT2D eigenvalue weighted by atomic mass is 9.81. The molecule has 0 spiro atoms. The zero-order chi connectivity index (χ0) is 37.7. The summed E-state index contributed by atoms with van der Waals surface area (Å²) in [6.45, 7) is 5.69. The number of anilines is 2. The van der Waals surface area contributed by atoms with Gasteiger partial charge < -0.3 is 4.90 Å². The molecule has 1 atom stereocenters. The van der Waals surface area contributed by atoms with Gasteiger partial charge in [-0.25, -0.2) is 4.90 Å². The molecule has 1 unspecified atom stereocenters. The normalized spacial score (nSPS) is 19.2. The molecular weight excluding hydrogens is 719 g/mol. The number of carbonyl (C=O) groups is 3. The molecule has 55 heavy (non-hydrogen) atoms. The van der Waals surface area contributed by atoms with E-state index in [1.54, 1.807) is 23.5 Å². The molecule has 270 valence electrons. The molecule has 0 radical (unpaired) electrons. The third-order valence-corrected chi connectivity index (χ3v) is 13.2. The fourth-order valence-corrected chi connectivity index (χ4v) is 10.3. The number of nitrogens with zero attached hydrogens (tertiary/aromatic N) is 3. The quantitative estimate of drug-likeness (QED) is 0.0837. The fourth-order valence-electron chi connectivity index (χ4n) is 7.90. The fraction of sp³-hybridized carbons (Fsp3) is 0.149. The van der Waals surface area contributed by atoms with Gasteiger partial charge in [-0.15, -0.1) is 11.8 Å². The van der Waals surface area contributed by atoms with Crippen LogP contribution in [-0.4, -0.2) is 22.8 Å². The molecule has 6 aromatic rings.